The largest absolute Gasteiger partial charge is 0.346 e. The summed E-state index contributed by atoms with van der Waals surface area (Å²) in [5.41, 5.74) is 2.66. The number of carbonyl (C=O) groups is 1. The molecule has 1 aromatic carbocycles. The SMILES string of the molecule is C.C.CC1CCN(C)C1=O.Cc1ccc(C)cc1. The molecule has 1 aromatic rings. The zero-order valence-corrected chi connectivity index (χ0v) is 10.7. The number of rotatable bonds is 0. The summed E-state index contributed by atoms with van der Waals surface area (Å²) in [5, 5.41) is 0. The van der Waals surface area contributed by atoms with Crippen molar-refractivity contribution in [3.63, 3.8) is 0 Å². The minimum atomic E-state index is 0. The van der Waals surface area contributed by atoms with Gasteiger partial charge in [0.15, 0.2) is 0 Å². The second kappa shape index (κ2) is 8.73. The van der Waals surface area contributed by atoms with Gasteiger partial charge >= 0.3 is 0 Å². The van der Waals surface area contributed by atoms with Gasteiger partial charge in [-0.25, -0.2) is 0 Å². The Morgan fingerprint density at radius 3 is 1.61 bits per heavy atom. The molecule has 1 aliphatic rings. The molecular weight excluding hydrogens is 222 g/mol. The van der Waals surface area contributed by atoms with E-state index >= 15 is 0 Å². The van der Waals surface area contributed by atoms with Crippen molar-refractivity contribution in [3.8, 4) is 0 Å². The van der Waals surface area contributed by atoms with E-state index in [-0.39, 0.29) is 20.8 Å². The molecule has 0 aliphatic carbocycles. The monoisotopic (exact) mass is 251 g/mol. The standard InChI is InChI=1S/C8H10.C6H11NO.2CH4/c1-7-3-5-8(2)6-4-7;1-5-3-4-7(2)6(5)8;;/h3-6H,1-2H3;5H,3-4H2,1-2H3;2*1H4. The van der Waals surface area contributed by atoms with Gasteiger partial charge < -0.3 is 4.90 Å². The summed E-state index contributed by atoms with van der Waals surface area (Å²) >= 11 is 0. The molecule has 1 aliphatic heterocycles. The van der Waals surface area contributed by atoms with E-state index in [4.69, 9.17) is 0 Å². The molecule has 1 saturated heterocycles. The van der Waals surface area contributed by atoms with Crippen molar-refractivity contribution in [3.05, 3.63) is 35.4 Å². The van der Waals surface area contributed by atoms with Crippen LogP contribution in [0.25, 0.3) is 0 Å². The highest BCUT2D eigenvalue weighted by molar-refractivity contribution is 5.80. The molecule has 1 unspecified atom stereocenters. The summed E-state index contributed by atoms with van der Waals surface area (Å²) in [7, 11) is 1.85. The average molecular weight is 251 g/mol. The number of hydrogen-bond acceptors (Lipinski definition) is 1. The summed E-state index contributed by atoms with van der Waals surface area (Å²) in [5.74, 6) is 0.574. The van der Waals surface area contributed by atoms with E-state index in [0.717, 1.165) is 13.0 Å². The molecule has 2 heteroatoms. The van der Waals surface area contributed by atoms with Crippen LogP contribution < -0.4 is 0 Å². The van der Waals surface area contributed by atoms with Crippen LogP contribution in [0.15, 0.2) is 24.3 Å². The number of nitrogens with zero attached hydrogens (tertiary/aromatic N) is 1. The van der Waals surface area contributed by atoms with E-state index in [2.05, 4.69) is 38.1 Å². The Hall–Kier alpha value is -1.31. The van der Waals surface area contributed by atoms with Crippen molar-refractivity contribution in [2.75, 3.05) is 13.6 Å². The summed E-state index contributed by atoms with van der Waals surface area (Å²) in [6, 6.07) is 8.48. The third kappa shape index (κ3) is 5.85. The molecule has 104 valence electrons. The molecule has 0 bridgehead atoms. The van der Waals surface area contributed by atoms with Crippen LogP contribution in [-0.4, -0.2) is 24.4 Å². The lowest BCUT2D eigenvalue weighted by Gasteiger charge is -2.05. The predicted octanol–water partition coefficient (Wildman–Crippen LogP) is 4.06. The molecule has 1 amide bonds. The van der Waals surface area contributed by atoms with Crippen molar-refractivity contribution in [2.24, 2.45) is 5.92 Å². The first kappa shape index (κ1) is 19.0. The van der Waals surface area contributed by atoms with E-state index < -0.39 is 0 Å². The molecular formula is C16H29NO. The smallest absolute Gasteiger partial charge is 0.225 e. The Morgan fingerprint density at radius 2 is 1.44 bits per heavy atom. The minimum Gasteiger partial charge on any atom is -0.346 e. The zero-order chi connectivity index (χ0) is 12.1. The molecule has 0 saturated carbocycles. The van der Waals surface area contributed by atoms with Crippen molar-refractivity contribution >= 4 is 5.91 Å². The van der Waals surface area contributed by atoms with Gasteiger partial charge in [0.25, 0.3) is 0 Å². The molecule has 0 spiro atoms. The minimum absolute atomic E-state index is 0. The lowest BCUT2D eigenvalue weighted by atomic mass is 10.1. The first-order valence-corrected chi connectivity index (χ1v) is 5.79. The predicted molar refractivity (Wildman–Crippen MR) is 80.8 cm³/mol. The zero-order valence-electron chi connectivity index (χ0n) is 10.7. The summed E-state index contributed by atoms with van der Waals surface area (Å²) in [4.78, 5) is 12.6. The van der Waals surface area contributed by atoms with Crippen LogP contribution in [0.1, 0.15) is 39.3 Å². The second-order valence-corrected chi connectivity index (χ2v) is 4.60. The molecule has 1 atom stereocenters. The van der Waals surface area contributed by atoms with Crippen LogP contribution in [0, 0.1) is 19.8 Å². The molecule has 1 heterocycles. The number of hydrogen-bond donors (Lipinski definition) is 0. The van der Waals surface area contributed by atoms with Gasteiger partial charge in [-0.1, -0.05) is 57.2 Å². The third-order valence-electron chi connectivity index (χ3n) is 2.91. The molecule has 0 aromatic heterocycles. The normalized spacial score (nSPS) is 17.2. The number of amides is 1. The van der Waals surface area contributed by atoms with Gasteiger partial charge in [0, 0.05) is 19.5 Å². The molecule has 0 N–H and O–H groups in total. The van der Waals surface area contributed by atoms with Crippen LogP contribution in [0.3, 0.4) is 0 Å². The first-order valence-electron chi connectivity index (χ1n) is 5.79. The Morgan fingerprint density at radius 1 is 1.06 bits per heavy atom. The van der Waals surface area contributed by atoms with E-state index in [9.17, 15) is 4.79 Å². The van der Waals surface area contributed by atoms with Crippen LogP contribution in [0.4, 0.5) is 0 Å². The topological polar surface area (TPSA) is 20.3 Å². The van der Waals surface area contributed by atoms with Gasteiger partial charge in [0.2, 0.25) is 5.91 Å². The maximum Gasteiger partial charge on any atom is 0.225 e. The first-order chi connectivity index (χ1) is 7.50. The van der Waals surface area contributed by atoms with Gasteiger partial charge in [-0.3, -0.25) is 4.79 Å². The second-order valence-electron chi connectivity index (χ2n) is 4.60. The van der Waals surface area contributed by atoms with E-state index in [0.29, 0.717) is 5.91 Å². The molecule has 18 heavy (non-hydrogen) atoms. The van der Waals surface area contributed by atoms with Crippen molar-refractivity contribution < 1.29 is 4.79 Å². The molecule has 2 rings (SSSR count). The van der Waals surface area contributed by atoms with E-state index in [1.54, 1.807) is 4.90 Å². The molecule has 2 nitrogen and oxygen atoms in total. The van der Waals surface area contributed by atoms with Gasteiger partial charge in [-0.15, -0.1) is 0 Å². The number of aryl methyl sites for hydroxylation is 2. The Bertz CT molecular complexity index is 310. The maximum absolute atomic E-state index is 10.8. The maximum atomic E-state index is 10.8. The fourth-order valence-corrected chi connectivity index (χ4v) is 1.63. The molecule has 1 fully saturated rings. The lowest BCUT2D eigenvalue weighted by Crippen LogP contribution is -2.21. The Balaban J connectivity index is 0. The lowest BCUT2D eigenvalue weighted by molar-refractivity contribution is -0.129. The Labute approximate surface area is 113 Å². The van der Waals surface area contributed by atoms with Gasteiger partial charge in [0.05, 0.1) is 0 Å². The van der Waals surface area contributed by atoms with Crippen molar-refractivity contribution in [2.45, 2.75) is 42.0 Å². The van der Waals surface area contributed by atoms with Crippen LogP contribution in [0.5, 0.6) is 0 Å². The average Bonchev–Trinajstić information content (AvgIpc) is 2.55. The Kier molecular flexibility index (Phi) is 9.24. The summed E-state index contributed by atoms with van der Waals surface area (Å²) in [6.45, 7) is 7.12. The van der Waals surface area contributed by atoms with Crippen molar-refractivity contribution in [1.82, 2.24) is 4.90 Å². The van der Waals surface area contributed by atoms with Gasteiger partial charge in [-0.2, -0.15) is 0 Å². The third-order valence-corrected chi connectivity index (χ3v) is 2.91. The van der Waals surface area contributed by atoms with Crippen LogP contribution in [-0.2, 0) is 4.79 Å². The number of likely N-dealkylation sites (tertiary alicyclic amines) is 1. The fraction of sp³-hybridized carbons (Fsp3) is 0.562. The van der Waals surface area contributed by atoms with Crippen molar-refractivity contribution in [1.29, 1.82) is 0 Å². The van der Waals surface area contributed by atoms with Gasteiger partial charge in [0.1, 0.15) is 0 Å². The highest BCUT2D eigenvalue weighted by Crippen LogP contribution is 2.13. The number of benzene rings is 1. The number of carbonyl (C=O) groups excluding carboxylic acids is 1. The quantitative estimate of drug-likeness (QED) is 0.681. The summed E-state index contributed by atoms with van der Waals surface area (Å²) < 4.78 is 0. The van der Waals surface area contributed by atoms with Crippen LogP contribution >= 0.6 is 0 Å². The highest BCUT2D eigenvalue weighted by atomic mass is 16.2. The highest BCUT2D eigenvalue weighted by Gasteiger charge is 2.23. The summed E-state index contributed by atoms with van der Waals surface area (Å²) in [6.07, 6.45) is 1.04. The van der Waals surface area contributed by atoms with E-state index in [1.807, 2.05) is 14.0 Å². The fourth-order valence-electron chi connectivity index (χ4n) is 1.63. The molecule has 0 radical (unpaired) electrons. The van der Waals surface area contributed by atoms with Crippen LogP contribution in [0.2, 0.25) is 0 Å². The van der Waals surface area contributed by atoms with E-state index in [1.165, 1.54) is 11.1 Å². The van der Waals surface area contributed by atoms with Gasteiger partial charge in [-0.05, 0) is 20.3 Å².